The summed E-state index contributed by atoms with van der Waals surface area (Å²) in [5.74, 6) is 0. The summed E-state index contributed by atoms with van der Waals surface area (Å²) in [4.78, 5) is 2.53. The van der Waals surface area contributed by atoms with E-state index in [2.05, 4.69) is 37.9 Å². The molecule has 0 aromatic rings. The van der Waals surface area contributed by atoms with Crippen molar-refractivity contribution < 1.29 is 0 Å². The number of nitrogens with zero attached hydrogens (tertiary/aromatic N) is 1. The van der Waals surface area contributed by atoms with E-state index in [1.807, 2.05) is 0 Å². The maximum Gasteiger partial charge on any atom is 0.0594 e. The van der Waals surface area contributed by atoms with Gasteiger partial charge in [-0.3, -0.25) is 4.90 Å². The molecular formula is C25H54N2. The van der Waals surface area contributed by atoms with Gasteiger partial charge in [0.15, 0.2) is 0 Å². The molecular weight excluding hydrogens is 328 g/mol. The Morgan fingerprint density at radius 3 is 1.22 bits per heavy atom. The summed E-state index contributed by atoms with van der Waals surface area (Å²) >= 11 is 0. The molecule has 1 unspecified atom stereocenters. The Balaban J connectivity index is 3.23. The van der Waals surface area contributed by atoms with E-state index in [0.29, 0.717) is 6.17 Å². The van der Waals surface area contributed by atoms with Crippen LogP contribution in [-0.4, -0.2) is 30.7 Å². The van der Waals surface area contributed by atoms with E-state index in [1.165, 1.54) is 116 Å². The number of hydrogen-bond acceptors (Lipinski definition) is 2. The molecule has 0 saturated heterocycles. The van der Waals surface area contributed by atoms with E-state index < -0.39 is 0 Å². The number of hydrogen-bond donors (Lipinski definition) is 1. The number of unbranched alkanes of at least 4 members (excludes halogenated alkanes) is 15. The zero-order valence-corrected chi connectivity index (χ0v) is 19.7. The van der Waals surface area contributed by atoms with Crippen molar-refractivity contribution in [2.45, 2.75) is 143 Å². The van der Waals surface area contributed by atoms with Crippen LogP contribution in [-0.2, 0) is 0 Å². The fourth-order valence-corrected chi connectivity index (χ4v) is 4.14. The van der Waals surface area contributed by atoms with Crippen LogP contribution in [0.25, 0.3) is 0 Å². The van der Waals surface area contributed by atoms with Gasteiger partial charge >= 0.3 is 0 Å². The first-order chi connectivity index (χ1) is 13.3. The minimum atomic E-state index is 0.580. The first-order valence-corrected chi connectivity index (χ1v) is 12.8. The van der Waals surface area contributed by atoms with Crippen LogP contribution in [0.1, 0.15) is 137 Å². The van der Waals surface area contributed by atoms with Crippen molar-refractivity contribution in [3.63, 3.8) is 0 Å². The minimum Gasteiger partial charge on any atom is -0.302 e. The maximum absolute atomic E-state index is 3.75. The van der Waals surface area contributed by atoms with Crippen LogP contribution in [0, 0.1) is 0 Å². The monoisotopic (exact) mass is 382 g/mol. The highest BCUT2D eigenvalue weighted by Crippen LogP contribution is 2.13. The van der Waals surface area contributed by atoms with Crippen molar-refractivity contribution >= 4 is 0 Å². The zero-order valence-electron chi connectivity index (χ0n) is 19.7. The molecule has 0 aliphatic rings. The summed E-state index contributed by atoms with van der Waals surface area (Å²) < 4.78 is 0. The van der Waals surface area contributed by atoms with E-state index in [4.69, 9.17) is 0 Å². The summed E-state index contributed by atoms with van der Waals surface area (Å²) in [5, 5.41) is 3.75. The van der Waals surface area contributed by atoms with E-state index in [1.54, 1.807) is 0 Å². The van der Waals surface area contributed by atoms with Gasteiger partial charge in [-0.05, 0) is 32.5 Å². The average Bonchev–Trinajstić information content (AvgIpc) is 2.69. The standard InChI is InChI=1S/C25H54N2/c1-5-9-10-11-12-13-14-15-16-17-18-19-20-21-22-23-24-26-25(6-2)27(7-3)8-4/h25-26H,5-24H2,1-4H3. The van der Waals surface area contributed by atoms with Crippen molar-refractivity contribution in [3.05, 3.63) is 0 Å². The van der Waals surface area contributed by atoms with Crippen molar-refractivity contribution in [1.29, 1.82) is 0 Å². The molecule has 0 bridgehead atoms. The Labute approximate surface area is 173 Å². The quantitative estimate of drug-likeness (QED) is 0.151. The molecule has 0 saturated carbocycles. The van der Waals surface area contributed by atoms with Crippen molar-refractivity contribution in [2.24, 2.45) is 0 Å². The smallest absolute Gasteiger partial charge is 0.0594 e. The summed E-state index contributed by atoms with van der Waals surface area (Å²) in [6.07, 6.45) is 24.9. The molecule has 0 aliphatic heterocycles. The first-order valence-electron chi connectivity index (χ1n) is 12.8. The molecule has 2 nitrogen and oxygen atoms in total. The van der Waals surface area contributed by atoms with Gasteiger partial charge in [0.05, 0.1) is 6.17 Å². The fourth-order valence-electron chi connectivity index (χ4n) is 4.14. The van der Waals surface area contributed by atoms with Gasteiger partial charge in [0, 0.05) is 0 Å². The summed E-state index contributed by atoms with van der Waals surface area (Å²) in [7, 11) is 0. The Morgan fingerprint density at radius 2 is 0.889 bits per heavy atom. The molecule has 0 amide bonds. The third kappa shape index (κ3) is 17.7. The summed E-state index contributed by atoms with van der Waals surface area (Å²) in [6, 6.07) is 0. The minimum absolute atomic E-state index is 0.580. The van der Waals surface area contributed by atoms with Crippen molar-refractivity contribution in [1.82, 2.24) is 10.2 Å². The Kier molecular flexibility index (Phi) is 22.1. The summed E-state index contributed by atoms with van der Waals surface area (Å²) in [6.45, 7) is 12.6. The number of nitrogens with one attached hydrogen (secondary N) is 1. The molecule has 0 radical (unpaired) electrons. The normalized spacial score (nSPS) is 12.8. The van der Waals surface area contributed by atoms with Crippen molar-refractivity contribution in [2.75, 3.05) is 19.6 Å². The highest BCUT2D eigenvalue weighted by molar-refractivity contribution is 4.66. The van der Waals surface area contributed by atoms with Crippen LogP contribution in [0.2, 0.25) is 0 Å². The Morgan fingerprint density at radius 1 is 0.519 bits per heavy atom. The van der Waals surface area contributed by atoms with Gasteiger partial charge in [-0.25, -0.2) is 0 Å². The van der Waals surface area contributed by atoms with Crippen LogP contribution in [0.15, 0.2) is 0 Å². The van der Waals surface area contributed by atoms with E-state index in [9.17, 15) is 0 Å². The van der Waals surface area contributed by atoms with Gasteiger partial charge in [-0.1, -0.05) is 124 Å². The fraction of sp³-hybridized carbons (Fsp3) is 1.00. The van der Waals surface area contributed by atoms with Gasteiger partial charge in [-0.15, -0.1) is 0 Å². The molecule has 0 fully saturated rings. The highest BCUT2D eigenvalue weighted by Gasteiger charge is 2.11. The van der Waals surface area contributed by atoms with Crippen LogP contribution in [0.5, 0.6) is 0 Å². The Bertz CT molecular complexity index is 263. The molecule has 27 heavy (non-hydrogen) atoms. The van der Waals surface area contributed by atoms with Gasteiger partial charge in [0.25, 0.3) is 0 Å². The SMILES string of the molecule is CCCCCCCCCCCCCCCCCCNC(CC)N(CC)CC. The third-order valence-corrected chi connectivity index (χ3v) is 6.05. The van der Waals surface area contributed by atoms with Crippen LogP contribution in [0.3, 0.4) is 0 Å². The van der Waals surface area contributed by atoms with Gasteiger partial charge < -0.3 is 5.32 Å². The van der Waals surface area contributed by atoms with E-state index in [-0.39, 0.29) is 0 Å². The molecule has 2 heteroatoms. The van der Waals surface area contributed by atoms with Gasteiger partial charge in [0.1, 0.15) is 0 Å². The Hall–Kier alpha value is -0.0800. The van der Waals surface area contributed by atoms with Crippen LogP contribution < -0.4 is 5.32 Å². The maximum atomic E-state index is 3.75. The highest BCUT2D eigenvalue weighted by atomic mass is 15.3. The lowest BCUT2D eigenvalue weighted by molar-refractivity contribution is 0.176. The second-order valence-electron chi connectivity index (χ2n) is 8.40. The molecule has 164 valence electrons. The zero-order chi connectivity index (χ0) is 20.0. The van der Waals surface area contributed by atoms with Crippen LogP contribution >= 0.6 is 0 Å². The second kappa shape index (κ2) is 22.2. The van der Waals surface area contributed by atoms with E-state index >= 15 is 0 Å². The number of rotatable bonds is 22. The largest absolute Gasteiger partial charge is 0.302 e. The first kappa shape index (κ1) is 26.9. The van der Waals surface area contributed by atoms with Gasteiger partial charge in [0.2, 0.25) is 0 Å². The van der Waals surface area contributed by atoms with Gasteiger partial charge in [-0.2, -0.15) is 0 Å². The molecule has 0 aromatic carbocycles. The lowest BCUT2D eigenvalue weighted by Crippen LogP contribution is -2.45. The predicted molar refractivity (Wildman–Crippen MR) is 125 cm³/mol. The molecule has 0 aromatic heterocycles. The molecule has 0 rings (SSSR count). The predicted octanol–water partition coefficient (Wildman–Crippen LogP) is 7.92. The molecule has 1 N–H and O–H groups in total. The average molecular weight is 383 g/mol. The summed E-state index contributed by atoms with van der Waals surface area (Å²) in [5.41, 5.74) is 0. The van der Waals surface area contributed by atoms with Crippen molar-refractivity contribution in [3.8, 4) is 0 Å². The second-order valence-corrected chi connectivity index (χ2v) is 8.40. The lowest BCUT2D eigenvalue weighted by Gasteiger charge is -2.29. The molecule has 0 heterocycles. The van der Waals surface area contributed by atoms with Crippen LogP contribution in [0.4, 0.5) is 0 Å². The molecule has 1 atom stereocenters. The molecule has 0 spiro atoms. The third-order valence-electron chi connectivity index (χ3n) is 6.05. The topological polar surface area (TPSA) is 15.3 Å². The lowest BCUT2D eigenvalue weighted by atomic mass is 10.0. The molecule has 0 aliphatic carbocycles. The van der Waals surface area contributed by atoms with E-state index in [0.717, 1.165) is 13.1 Å².